The Kier molecular flexibility index (Phi) is 2160. The van der Waals surface area contributed by atoms with Gasteiger partial charge in [0.2, 0.25) is 0 Å². The summed E-state index contributed by atoms with van der Waals surface area (Å²) in [6.07, 6.45) is 0. The molecule has 32 valence electrons. The molecule has 0 rings (SSSR count). The van der Waals surface area contributed by atoms with Crippen LogP contribution in [0.2, 0.25) is 0 Å². The van der Waals surface area contributed by atoms with Crippen LogP contribution in [0, 0.1) is 0 Å². The molecule has 0 amide bonds. The van der Waals surface area contributed by atoms with Crippen molar-refractivity contribution in [3.8, 4) is 0 Å². The Bertz CT molecular complexity index is 6.85. The molecule has 0 radical (unpaired) electrons. The maximum Gasteiger partial charge on any atom is 3.00 e. The van der Waals surface area contributed by atoms with E-state index in [1.807, 2.05) is 0 Å². The summed E-state index contributed by atoms with van der Waals surface area (Å²) in [6.45, 7) is 0. The maximum atomic E-state index is 0. The molecule has 0 fully saturated rings. The van der Waals surface area contributed by atoms with Gasteiger partial charge in [-0.1, -0.05) is 0 Å². The first-order chi connectivity index (χ1) is 0. The summed E-state index contributed by atoms with van der Waals surface area (Å²) in [5.74, 6) is 0. The Morgan fingerprint density at radius 1 is 0.600 bits per heavy atom. The molecule has 0 unspecified atom stereocenters. The van der Waals surface area contributed by atoms with Gasteiger partial charge >= 0.3 is 25.8 Å². The van der Waals surface area contributed by atoms with Crippen LogP contribution < -0.4 is 0 Å². The van der Waals surface area contributed by atoms with Crippen molar-refractivity contribution in [2.24, 2.45) is 0 Å². The van der Waals surface area contributed by atoms with E-state index >= 15 is 0 Å². The Labute approximate surface area is 54.9 Å². The van der Waals surface area contributed by atoms with Crippen LogP contribution in [0.1, 0.15) is 0 Å². The number of hydrogen-bond acceptors (Lipinski definition) is 3. The molecule has 0 bridgehead atoms. The second-order valence-electron chi connectivity index (χ2n) is 0. The zero-order valence-electron chi connectivity index (χ0n) is 2.33. The van der Waals surface area contributed by atoms with Crippen molar-refractivity contribution in [1.82, 2.24) is 0 Å². The van der Waals surface area contributed by atoms with E-state index in [0.29, 0.717) is 0 Å². The van der Waals surface area contributed by atoms with Gasteiger partial charge < -0.3 is 16.4 Å². The third kappa shape index (κ3) is 43.1. The minimum atomic E-state index is 0. The molecule has 0 spiro atoms. The summed E-state index contributed by atoms with van der Waals surface area (Å²) in [5.41, 5.74) is 0. The molecular weight excluding hydrogens is 128 g/mol. The zero-order chi connectivity index (χ0) is 0. The van der Waals surface area contributed by atoms with Crippen LogP contribution in [0.4, 0.5) is 0 Å². The number of halogens is 1. The van der Waals surface area contributed by atoms with Crippen molar-refractivity contribution >= 4 is 12.4 Å². The van der Waals surface area contributed by atoms with Crippen LogP contribution >= 0.6 is 12.4 Å². The Morgan fingerprint density at radius 2 is 0.600 bits per heavy atom. The van der Waals surface area contributed by atoms with Crippen LogP contribution in [0.25, 0.3) is 0 Å². The molecule has 0 aromatic heterocycles. The monoisotopic (exact) mass is 132 g/mol. The Hall–Kier alpha value is 1.04. The van der Waals surface area contributed by atoms with Crippen molar-refractivity contribution in [3.05, 3.63) is 0 Å². The summed E-state index contributed by atoms with van der Waals surface area (Å²) in [7, 11) is 0. The smallest absolute Gasteiger partial charge is 0.870 e. The maximum absolute atomic E-state index is 0. The van der Waals surface area contributed by atoms with E-state index in [4.69, 9.17) is 0 Å². The summed E-state index contributed by atoms with van der Waals surface area (Å²) in [6, 6.07) is 0. The minimum absolute atomic E-state index is 0. The SMILES string of the molecule is Cl.[OH-].[OH-].[OH-].[Sc+3]. The van der Waals surface area contributed by atoms with Crippen molar-refractivity contribution < 1.29 is 42.3 Å². The molecule has 3 N–H and O–H groups in total. The number of hydrogen-bond donors (Lipinski definition) is 0. The summed E-state index contributed by atoms with van der Waals surface area (Å²) in [4.78, 5) is 0. The normalized spacial score (nSPS) is 0. The van der Waals surface area contributed by atoms with Gasteiger partial charge in [0.25, 0.3) is 0 Å². The second kappa shape index (κ2) is 76.0. The minimum Gasteiger partial charge on any atom is -0.870 e. The molecule has 0 aliphatic heterocycles. The molecule has 5 heavy (non-hydrogen) atoms. The van der Waals surface area contributed by atoms with Crippen LogP contribution in [0.5, 0.6) is 0 Å². The first-order valence-electron chi connectivity index (χ1n) is 0. The fourth-order valence-corrected chi connectivity index (χ4v) is 0. The summed E-state index contributed by atoms with van der Waals surface area (Å²) >= 11 is 0. The van der Waals surface area contributed by atoms with Gasteiger partial charge in [-0.15, -0.1) is 12.4 Å². The molecular formula is H4ClO3Sc. The van der Waals surface area contributed by atoms with Gasteiger partial charge in [0.05, 0.1) is 0 Å². The van der Waals surface area contributed by atoms with Gasteiger partial charge in [0.15, 0.2) is 0 Å². The Balaban J connectivity index is 0. The fraction of sp³-hybridized carbons (Fsp3) is 0. The van der Waals surface area contributed by atoms with E-state index in [0.717, 1.165) is 0 Å². The second-order valence-corrected chi connectivity index (χ2v) is 0. The third-order valence-corrected chi connectivity index (χ3v) is 0. The quantitative estimate of drug-likeness (QED) is 0.460. The molecule has 0 atom stereocenters. The molecule has 0 aromatic rings. The predicted octanol–water partition coefficient (Wildman–Crippen LogP) is -0.111. The topological polar surface area (TPSA) is 90.0 Å². The van der Waals surface area contributed by atoms with Crippen LogP contribution in [0.15, 0.2) is 0 Å². The average molecular weight is 132 g/mol. The summed E-state index contributed by atoms with van der Waals surface area (Å²) in [5, 5.41) is 0. The predicted molar refractivity (Wildman–Crippen MR) is 13.1 cm³/mol. The standard InChI is InChI=1S/ClH.3H2O.Sc/h1H;3*1H2;/q;;;;+3/p-3. The molecule has 0 aromatic carbocycles. The molecule has 0 saturated carbocycles. The van der Waals surface area contributed by atoms with Crippen molar-refractivity contribution in [1.29, 1.82) is 0 Å². The summed E-state index contributed by atoms with van der Waals surface area (Å²) < 4.78 is 0. The van der Waals surface area contributed by atoms with Crippen LogP contribution in [-0.2, 0) is 25.8 Å². The number of rotatable bonds is 0. The van der Waals surface area contributed by atoms with E-state index in [-0.39, 0.29) is 54.7 Å². The van der Waals surface area contributed by atoms with Crippen LogP contribution in [0.3, 0.4) is 0 Å². The van der Waals surface area contributed by atoms with Gasteiger partial charge in [0, 0.05) is 0 Å². The fourth-order valence-electron chi connectivity index (χ4n) is 0. The molecule has 0 aliphatic rings. The van der Waals surface area contributed by atoms with Gasteiger partial charge in [-0.05, 0) is 0 Å². The van der Waals surface area contributed by atoms with Crippen molar-refractivity contribution in [3.63, 3.8) is 0 Å². The molecule has 5 heteroatoms. The zero-order valence-corrected chi connectivity index (χ0v) is 4.95. The van der Waals surface area contributed by atoms with Crippen LogP contribution in [-0.4, -0.2) is 16.4 Å². The Morgan fingerprint density at radius 3 is 0.600 bits per heavy atom. The van der Waals surface area contributed by atoms with E-state index in [1.165, 1.54) is 0 Å². The molecule has 3 nitrogen and oxygen atoms in total. The van der Waals surface area contributed by atoms with Crippen molar-refractivity contribution in [2.45, 2.75) is 0 Å². The molecule has 0 aliphatic carbocycles. The molecule has 0 saturated heterocycles. The van der Waals surface area contributed by atoms with Gasteiger partial charge in [0.1, 0.15) is 0 Å². The van der Waals surface area contributed by atoms with E-state index in [2.05, 4.69) is 0 Å². The van der Waals surface area contributed by atoms with E-state index in [9.17, 15) is 0 Å². The van der Waals surface area contributed by atoms with E-state index in [1.54, 1.807) is 0 Å². The molecule has 0 heterocycles. The average Bonchev–Trinajstić information content (AvgIpc) is 0. The van der Waals surface area contributed by atoms with Gasteiger partial charge in [-0.2, -0.15) is 0 Å². The third-order valence-electron chi connectivity index (χ3n) is 0. The van der Waals surface area contributed by atoms with E-state index < -0.39 is 0 Å². The first kappa shape index (κ1) is 142. The largest absolute Gasteiger partial charge is 3.00 e. The van der Waals surface area contributed by atoms with Gasteiger partial charge in [-0.25, -0.2) is 0 Å². The van der Waals surface area contributed by atoms with Crippen molar-refractivity contribution in [2.75, 3.05) is 0 Å². The first-order valence-corrected chi connectivity index (χ1v) is 0. The van der Waals surface area contributed by atoms with Gasteiger partial charge in [-0.3, -0.25) is 0 Å².